The van der Waals surface area contributed by atoms with Crippen LogP contribution in [0.2, 0.25) is 0 Å². The molecule has 0 saturated carbocycles. The van der Waals surface area contributed by atoms with Gasteiger partial charge in [0, 0.05) is 27.2 Å². The molecule has 0 saturated heterocycles. The van der Waals surface area contributed by atoms with Crippen LogP contribution in [-0.4, -0.2) is 53.0 Å². The molecule has 0 aromatic carbocycles. The minimum absolute atomic E-state index is 0.0246. The maximum atomic E-state index is 11.2. The van der Waals surface area contributed by atoms with Crippen LogP contribution in [-0.2, 0) is 0 Å². The lowest BCUT2D eigenvalue weighted by atomic mass is 10.4. The lowest BCUT2D eigenvalue weighted by molar-refractivity contribution is -0.384. The smallest absolute Gasteiger partial charge is 0.329 e. The third kappa shape index (κ3) is 4.26. The fourth-order valence-electron chi connectivity index (χ4n) is 1.16. The first kappa shape index (κ1) is 14.4. The van der Waals surface area contributed by atoms with Gasteiger partial charge in [-0.25, -0.2) is 9.78 Å². The molecule has 19 heavy (non-hydrogen) atoms. The van der Waals surface area contributed by atoms with Gasteiger partial charge in [0.2, 0.25) is 11.8 Å². The lowest BCUT2D eigenvalue weighted by Gasteiger charge is -2.12. The molecule has 1 aromatic heterocycles. The molecule has 1 heterocycles. The molecule has 0 radical (unpaired) electrons. The first-order valence-corrected chi connectivity index (χ1v) is 5.37. The molecule has 0 bridgehead atoms. The topological polar surface area (TPSA) is 139 Å². The Morgan fingerprint density at radius 2 is 2.21 bits per heavy atom. The van der Waals surface area contributed by atoms with Crippen molar-refractivity contribution in [3.63, 3.8) is 0 Å². The van der Waals surface area contributed by atoms with Gasteiger partial charge in [0.15, 0.2) is 0 Å². The fraction of sp³-hybridized carbons (Fsp3) is 0.444. The van der Waals surface area contributed by atoms with Crippen LogP contribution in [0, 0.1) is 10.1 Å². The number of rotatable bonds is 5. The number of urea groups is 1. The number of anilines is 2. The van der Waals surface area contributed by atoms with Crippen molar-refractivity contribution >= 4 is 23.5 Å². The molecular formula is C9H15N7O3. The monoisotopic (exact) mass is 269 g/mol. The number of amides is 2. The molecule has 10 nitrogen and oxygen atoms in total. The number of nitrogens with zero attached hydrogens (tertiary/aromatic N) is 4. The van der Waals surface area contributed by atoms with Gasteiger partial charge in [-0.15, -0.1) is 0 Å². The Morgan fingerprint density at radius 1 is 1.53 bits per heavy atom. The summed E-state index contributed by atoms with van der Waals surface area (Å²) >= 11 is 0. The third-order valence-electron chi connectivity index (χ3n) is 2.08. The van der Waals surface area contributed by atoms with Gasteiger partial charge in [-0.05, 0) is 0 Å². The van der Waals surface area contributed by atoms with Crippen molar-refractivity contribution in [2.45, 2.75) is 0 Å². The third-order valence-corrected chi connectivity index (χ3v) is 2.08. The van der Waals surface area contributed by atoms with Crippen LogP contribution in [0.4, 0.5) is 22.2 Å². The predicted octanol–water partition coefficient (Wildman–Crippen LogP) is -0.350. The SMILES string of the molecule is CN(C)C(=O)NCCNc1nc(N)ncc1[N+](=O)[O-]. The Bertz CT molecular complexity index is 477. The van der Waals surface area contributed by atoms with Crippen LogP contribution in [0.5, 0.6) is 0 Å². The van der Waals surface area contributed by atoms with Crippen LogP contribution < -0.4 is 16.4 Å². The summed E-state index contributed by atoms with van der Waals surface area (Å²) in [6.07, 6.45) is 1.03. The van der Waals surface area contributed by atoms with E-state index in [1.54, 1.807) is 14.1 Å². The zero-order valence-corrected chi connectivity index (χ0v) is 10.6. The van der Waals surface area contributed by atoms with E-state index in [4.69, 9.17) is 5.73 Å². The highest BCUT2D eigenvalue weighted by Gasteiger charge is 2.16. The molecule has 0 unspecified atom stereocenters. The highest BCUT2D eigenvalue weighted by Crippen LogP contribution is 2.20. The molecule has 0 aliphatic rings. The predicted molar refractivity (Wildman–Crippen MR) is 68.7 cm³/mol. The molecule has 0 aliphatic carbocycles. The maximum absolute atomic E-state index is 11.2. The quantitative estimate of drug-likeness (QED) is 0.377. The Labute approximate surface area is 109 Å². The summed E-state index contributed by atoms with van der Waals surface area (Å²) in [6.45, 7) is 0.564. The van der Waals surface area contributed by atoms with Gasteiger partial charge in [0.25, 0.3) is 0 Å². The van der Waals surface area contributed by atoms with Crippen molar-refractivity contribution in [3.05, 3.63) is 16.3 Å². The van der Waals surface area contributed by atoms with E-state index in [0.717, 1.165) is 6.20 Å². The van der Waals surface area contributed by atoms with Gasteiger partial charge >= 0.3 is 11.7 Å². The minimum Gasteiger partial charge on any atom is -0.368 e. The van der Waals surface area contributed by atoms with Gasteiger partial charge < -0.3 is 21.3 Å². The summed E-state index contributed by atoms with van der Waals surface area (Å²) in [6, 6.07) is -0.251. The van der Waals surface area contributed by atoms with E-state index in [0.29, 0.717) is 0 Å². The van der Waals surface area contributed by atoms with Gasteiger partial charge in [-0.3, -0.25) is 10.1 Å². The fourth-order valence-corrected chi connectivity index (χ4v) is 1.16. The zero-order chi connectivity index (χ0) is 14.4. The number of carbonyl (C=O) groups is 1. The molecular weight excluding hydrogens is 254 g/mol. The van der Waals surface area contributed by atoms with Crippen LogP contribution >= 0.6 is 0 Å². The average Bonchev–Trinajstić information content (AvgIpc) is 2.33. The number of hydrogen-bond donors (Lipinski definition) is 3. The normalized spacial score (nSPS) is 9.79. The Balaban J connectivity index is 2.55. The number of nitro groups is 1. The van der Waals surface area contributed by atoms with Crippen molar-refractivity contribution in [2.24, 2.45) is 0 Å². The van der Waals surface area contributed by atoms with Crippen molar-refractivity contribution in [1.82, 2.24) is 20.2 Å². The van der Waals surface area contributed by atoms with E-state index in [-0.39, 0.29) is 36.6 Å². The van der Waals surface area contributed by atoms with Gasteiger partial charge in [0.1, 0.15) is 6.20 Å². The summed E-state index contributed by atoms with van der Waals surface area (Å²) < 4.78 is 0. The number of nitrogens with one attached hydrogen (secondary N) is 2. The molecule has 0 aliphatic heterocycles. The Morgan fingerprint density at radius 3 is 2.79 bits per heavy atom. The first-order chi connectivity index (χ1) is 8.91. The van der Waals surface area contributed by atoms with E-state index >= 15 is 0 Å². The number of aromatic nitrogens is 2. The molecule has 10 heteroatoms. The van der Waals surface area contributed by atoms with Crippen molar-refractivity contribution in [1.29, 1.82) is 0 Å². The summed E-state index contributed by atoms with van der Waals surface area (Å²) in [5.74, 6) is -0.0398. The largest absolute Gasteiger partial charge is 0.368 e. The summed E-state index contributed by atoms with van der Waals surface area (Å²) in [4.78, 5) is 30.0. The highest BCUT2D eigenvalue weighted by molar-refractivity contribution is 5.73. The summed E-state index contributed by atoms with van der Waals surface area (Å²) in [7, 11) is 3.22. The second kappa shape index (κ2) is 6.33. The van der Waals surface area contributed by atoms with Crippen LogP contribution in [0.3, 0.4) is 0 Å². The second-order valence-corrected chi connectivity index (χ2v) is 3.77. The molecule has 0 spiro atoms. The van der Waals surface area contributed by atoms with Crippen molar-refractivity contribution < 1.29 is 9.72 Å². The zero-order valence-electron chi connectivity index (χ0n) is 10.6. The van der Waals surface area contributed by atoms with Crippen molar-refractivity contribution in [2.75, 3.05) is 38.2 Å². The summed E-state index contributed by atoms with van der Waals surface area (Å²) in [5.41, 5.74) is 5.09. The van der Waals surface area contributed by atoms with Gasteiger partial charge in [-0.2, -0.15) is 4.98 Å². The number of nitrogen functional groups attached to an aromatic ring is 1. The number of nitrogens with two attached hydrogens (primary N) is 1. The minimum atomic E-state index is -0.611. The van der Waals surface area contributed by atoms with Gasteiger partial charge in [-0.1, -0.05) is 0 Å². The lowest BCUT2D eigenvalue weighted by Crippen LogP contribution is -2.37. The molecule has 0 atom stereocenters. The molecule has 2 amide bonds. The van der Waals surface area contributed by atoms with E-state index in [1.165, 1.54) is 4.90 Å². The van der Waals surface area contributed by atoms with E-state index in [1.807, 2.05) is 0 Å². The maximum Gasteiger partial charge on any atom is 0.329 e. The number of carbonyl (C=O) groups excluding carboxylic acids is 1. The molecule has 4 N–H and O–H groups in total. The molecule has 1 aromatic rings. The van der Waals surface area contributed by atoms with E-state index in [2.05, 4.69) is 20.6 Å². The Hall–Kier alpha value is -2.65. The second-order valence-electron chi connectivity index (χ2n) is 3.77. The molecule has 1 rings (SSSR count). The average molecular weight is 269 g/mol. The van der Waals surface area contributed by atoms with Crippen LogP contribution in [0.25, 0.3) is 0 Å². The molecule has 0 fully saturated rings. The van der Waals surface area contributed by atoms with Crippen LogP contribution in [0.15, 0.2) is 6.20 Å². The van der Waals surface area contributed by atoms with Crippen molar-refractivity contribution in [3.8, 4) is 0 Å². The standard InChI is InChI=1S/C9H15N7O3/c1-15(2)9(17)12-4-3-11-7-6(16(18)19)5-13-8(10)14-7/h5H,3-4H2,1-2H3,(H,12,17)(H3,10,11,13,14). The van der Waals surface area contributed by atoms with Crippen LogP contribution in [0.1, 0.15) is 0 Å². The van der Waals surface area contributed by atoms with Gasteiger partial charge in [0.05, 0.1) is 4.92 Å². The summed E-state index contributed by atoms with van der Waals surface area (Å²) in [5, 5.41) is 16.1. The first-order valence-electron chi connectivity index (χ1n) is 5.37. The number of hydrogen-bond acceptors (Lipinski definition) is 7. The molecule has 104 valence electrons. The van der Waals surface area contributed by atoms with E-state index in [9.17, 15) is 14.9 Å². The highest BCUT2D eigenvalue weighted by atomic mass is 16.6. The Kier molecular flexibility index (Phi) is 4.80. The van der Waals surface area contributed by atoms with E-state index < -0.39 is 4.92 Å².